The number of unbranched alkanes of at least 4 members (excludes halogenated alkanes) is 32. The number of ether oxygens (including phenoxy) is 3. The van der Waals surface area contributed by atoms with E-state index in [9.17, 15) is 35.1 Å². The number of allylic oxidation sites excluding steroid dienone is 13. The summed E-state index contributed by atoms with van der Waals surface area (Å²) in [6, 6.07) is -1.04. The Hall–Kier alpha value is -3.16. The number of hydrogen-bond donors (Lipinski definition) is 6. The predicted octanol–water partition coefficient (Wildman–Crippen LogP) is 17.3. The van der Waals surface area contributed by atoms with E-state index in [4.69, 9.17) is 14.2 Å². The highest BCUT2D eigenvalue weighted by Crippen LogP contribution is 2.26. The van der Waals surface area contributed by atoms with E-state index in [0.29, 0.717) is 12.8 Å². The molecule has 0 aliphatic carbocycles. The van der Waals surface area contributed by atoms with Crippen LogP contribution in [0.3, 0.4) is 0 Å². The van der Waals surface area contributed by atoms with Crippen molar-refractivity contribution in [3.05, 3.63) is 85.1 Å². The van der Waals surface area contributed by atoms with Crippen LogP contribution in [0, 0.1) is 0 Å². The molecule has 0 saturated carbocycles. The summed E-state index contributed by atoms with van der Waals surface area (Å²) in [6.07, 6.45) is 67.5. The third-order valence-electron chi connectivity index (χ3n) is 15.8. The molecule has 0 aromatic carbocycles. The van der Waals surface area contributed by atoms with Crippen LogP contribution in [0.1, 0.15) is 297 Å². The molecule has 8 atom stereocenters. The van der Waals surface area contributed by atoms with Crippen molar-refractivity contribution in [3.63, 3.8) is 0 Å². The minimum absolute atomic E-state index is 0.115. The molecule has 1 amide bonds. The van der Waals surface area contributed by atoms with Gasteiger partial charge in [-0.25, -0.2) is 0 Å². The fourth-order valence-corrected chi connectivity index (χ4v) is 10.3. The predicted molar refractivity (Wildman–Crippen MR) is 347 cm³/mol. The van der Waals surface area contributed by atoms with Crippen LogP contribution >= 0.6 is 0 Å². The topological polar surface area (TPSA) is 175 Å². The van der Waals surface area contributed by atoms with Crippen LogP contribution in [0.15, 0.2) is 85.1 Å². The number of carbonyl (C=O) groups excluding carboxylic acids is 2. The Morgan fingerprint density at radius 3 is 1.27 bits per heavy atom. The van der Waals surface area contributed by atoms with Gasteiger partial charge < -0.3 is 45.1 Å². The maximum Gasteiger partial charge on any atom is 0.306 e. The van der Waals surface area contributed by atoms with Crippen molar-refractivity contribution in [2.45, 2.75) is 346 Å². The second-order valence-electron chi connectivity index (χ2n) is 23.6. The molecule has 1 heterocycles. The molecule has 1 rings (SSSR count). The first-order chi connectivity index (χ1) is 40.7. The lowest BCUT2D eigenvalue weighted by molar-refractivity contribution is -0.305. The Morgan fingerprint density at radius 1 is 0.470 bits per heavy atom. The summed E-state index contributed by atoms with van der Waals surface area (Å²) in [6.45, 7) is 5.75. The van der Waals surface area contributed by atoms with E-state index in [1.54, 1.807) is 6.08 Å². The average molecular weight is 1170 g/mol. The lowest BCUT2D eigenvalue weighted by Gasteiger charge is -2.41. The number of aliphatic hydroxyl groups is 5. The van der Waals surface area contributed by atoms with Crippen molar-refractivity contribution in [1.82, 2.24) is 5.32 Å². The molecule has 1 aliphatic heterocycles. The highest BCUT2D eigenvalue weighted by atomic mass is 16.7. The molecule has 6 N–H and O–H groups in total. The van der Waals surface area contributed by atoms with Gasteiger partial charge in [0.15, 0.2) is 12.4 Å². The van der Waals surface area contributed by atoms with Crippen molar-refractivity contribution in [2.75, 3.05) is 13.2 Å². The summed E-state index contributed by atoms with van der Waals surface area (Å²) in [4.78, 5) is 26.7. The van der Waals surface area contributed by atoms with Crippen LogP contribution in [0.5, 0.6) is 0 Å². The average Bonchev–Trinajstić information content (AvgIpc) is 3.54. The standard InChI is InChI=1S/C72H127NO10/c1-4-7-10-13-16-19-22-25-27-29-31-32-33-35-36-38-41-44-47-50-53-56-59-65(76)71(80)73-63(64(75)58-55-52-49-46-43-40-24-21-18-15-12-9-6-3)62-81-72-70(69(79)68(78)66(61-74)82-72)83-67(77)60-57-54-51-48-45-42-39-37-34-30-28-26-23-20-17-14-11-8-5-2/h16-17,19-20,25-28,31-32,35-36,55,58,63-66,68-70,72,74-76,78-79H,4-15,18,21-24,29-30,33-34,37-54,56-57,59-62H2,1-3H3,(H,73,80)/b19-16-,20-17-,27-25-,28-26-,32-31-,36-35-,58-55+. The number of aliphatic hydroxyl groups excluding tert-OH is 5. The first kappa shape index (κ1) is 77.9. The molecule has 480 valence electrons. The van der Waals surface area contributed by atoms with E-state index < -0.39 is 67.4 Å². The van der Waals surface area contributed by atoms with Crippen LogP contribution < -0.4 is 5.32 Å². The quantitative estimate of drug-likeness (QED) is 0.0195. The van der Waals surface area contributed by atoms with Gasteiger partial charge in [-0.05, 0) is 103 Å². The summed E-state index contributed by atoms with van der Waals surface area (Å²) in [5.41, 5.74) is 0. The number of carbonyl (C=O) groups is 2. The van der Waals surface area contributed by atoms with Crippen molar-refractivity contribution in [3.8, 4) is 0 Å². The normalized spacial score (nSPS) is 19.1. The number of amides is 1. The van der Waals surface area contributed by atoms with E-state index in [-0.39, 0.29) is 19.4 Å². The number of nitrogens with one attached hydrogen (secondary N) is 1. The van der Waals surface area contributed by atoms with Gasteiger partial charge in [-0.15, -0.1) is 0 Å². The van der Waals surface area contributed by atoms with Crippen LogP contribution in [0.25, 0.3) is 0 Å². The zero-order valence-electron chi connectivity index (χ0n) is 53.3. The van der Waals surface area contributed by atoms with Crippen molar-refractivity contribution in [1.29, 1.82) is 0 Å². The lowest BCUT2D eigenvalue weighted by atomic mass is 9.99. The van der Waals surface area contributed by atoms with Crippen LogP contribution in [-0.4, -0.2) is 99.6 Å². The summed E-state index contributed by atoms with van der Waals surface area (Å²) >= 11 is 0. The molecule has 83 heavy (non-hydrogen) atoms. The molecule has 0 aromatic rings. The van der Waals surface area contributed by atoms with E-state index >= 15 is 0 Å². The maximum atomic E-state index is 13.5. The van der Waals surface area contributed by atoms with Gasteiger partial charge in [0.25, 0.3) is 0 Å². The van der Waals surface area contributed by atoms with Crippen LogP contribution in [0.2, 0.25) is 0 Å². The fraction of sp³-hybridized carbons (Fsp3) is 0.778. The Bertz CT molecular complexity index is 1670. The van der Waals surface area contributed by atoms with Gasteiger partial charge in [0, 0.05) is 6.42 Å². The smallest absolute Gasteiger partial charge is 0.306 e. The number of rotatable bonds is 58. The molecule has 11 heteroatoms. The van der Waals surface area contributed by atoms with E-state index in [2.05, 4.69) is 99.0 Å². The van der Waals surface area contributed by atoms with Crippen molar-refractivity contribution < 1.29 is 49.3 Å². The zero-order valence-corrected chi connectivity index (χ0v) is 53.3. The Balaban J connectivity index is 2.65. The molecule has 0 spiro atoms. The Morgan fingerprint density at radius 2 is 0.831 bits per heavy atom. The van der Waals surface area contributed by atoms with Gasteiger partial charge in [-0.3, -0.25) is 9.59 Å². The van der Waals surface area contributed by atoms with Crippen molar-refractivity contribution >= 4 is 11.9 Å². The molecule has 1 aliphatic rings. The SMILES string of the molecule is CCCCC/C=C\C/C=C\C/C=C\C/C=C\CCCCCCCCC(O)C(=O)NC(COC1OC(CO)C(O)C(O)C1OC(=O)CCCCCCCCCCC/C=C\C/C=C\CCCCC)C(O)/C=C/CCCCCCCCCCCCC. The molecule has 1 fully saturated rings. The van der Waals surface area contributed by atoms with Gasteiger partial charge in [0.1, 0.15) is 24.4 Å². The first-order valence-electron chi connectivity index (χ1n) is 34.4. The lowest BCUT2D eigenvalue weighted by Crippen LogP contribution is -2.61. The molecule has 11 nitrogen and oxygen atoms in total. The summed E-state index contributed by atoms with van der Waals surface area (Å²) in [7, 11) is 0. The molecule has 0 radical (unpaired) electrons. The van der Waals surface area contributed by atoms with Crippen LogP contribution in [-0.2, 0) is 23.8 Å². The minimum atomic E-state index is -1.62. The van der Waals surface area contributed by atoms with Gasteiger partial charge in [-0.1, -0.05) is 273 Å². The third-order valence-corrected chi connectivity index (χ3v) is 15.8. The largest absolute Gasteiger partial charge is 0.454 e. The second kappa shape index (κ2) is 59.2. The molecule has 8 unspecified atom stereocenters. The molecular weight excluding hydrogens is 1040 g/mol. The third kappa shape index (κ3) is 46.7. The zero-order chi connectivity index (χ0) is 60.3. The Labute approximate surface area is 508 Å². The summed E-state index contributed by atoms with van der Waals surface area (Å²) in [5.74, 6) is -1.21. The molecule has 0 aromatic heterocycles. The Kier molecular flexibility index (Phi) is 55.5. The maximum absolute atomic E-state index is 13.5. The summed E-state index contributed by atoms with van der Waals surface area (Å²) < 4.78 is 17.7. The minimum Gasteiger partial charge on any atom is -0.454 e. The van der Waals surface area contributed by atoms with Gasteiger partial charge in [-0.2, -0.15) is 0 Å². The van der Waals surface area contributed by atoms with Crippen molar-refractivity contribution in [2.24, 2.45) is 0 Å². The van der Waals surface area contributed by atoms with E-state index in [1.165, 1.54) is 135 Å². The van der Waals surface area contributed by atoms with E-state index in [1.807, 2.05) is 6.08 Å². The number of hydrogen-bond acceptors (Lipinski definition) is 10. The molecule has 1 saturated heterocycles. The van der Waals surface area contributed by atoms with Gasteiger partial charge in [0.05, 0.1) is 25.4 Å². The summed E-state index contributed by atoms with van der Waals surface area (Å²) in [5, 5.41) is 57.2. The van der Waals surface area contributed by atoms with Crippen LogP contribution in [0.4, 0.5) is 0 Å². The second-order valence-corrected chi connectivity index (χ2v) is 23.6. The molecule has 0 bridgehead atoms. The first-order valence-corrected chi connectivity index (χ1v) is 34.4. The molecular formula is C72H127NO10. The van der Waals surface area contributed by atoms with E-state index in [0.717, 1.165) is 116 Å². The number of esters is 1. The highest BCUT2D eigenvalue weighted by molar-refractivity contribution is 5.80. The monoisotopic (exact) mass is 1170 g/mol. The van der Waals surface area contributed by atoms with Gasteiger partial charge in [0.2, 0.25) is 5.91 Å². The highest BCUT2D eigenvalue weighted by Gasteiger charge is 2.47. The van der Waals surface area contributed by atoms with Gasteiger partial charge >= 0.3 is 5.97 Å². The fourth-order valence-electron chi connectivity index (χ4n) is 10.3.